The second-order valence-corrected chi connectivity index (χ2v) is 9.25. The van der Waals surface area contributed by atoms with E-state index >= 15 is 0 Å². The number of hydrogen-bond donors (Lipinski definition) is 0. The zero-order valence-corrected chi connectivity index (χ0v) is 17.5. The molecule has 154 valence electrons. The van der Waals surface area contributed by atoms with Gasteiger partial charge in [-0.25, -0.2) is 4.79 Å². The molecule has 2 bridgehead atoms. The van der Waals surface area contributed by atoms with Crippen molar-refractivity contribution in [2.75, 3.05) is 20.3 Å². The molecule has 1 saturated heterocycles. The molecule has 1 amide bonds. The number of fused-ring (bicyclic) bond motifs is 2. The Bertz CT molecular complexity index is 866. The van der Waals surface area contributed by atoms with Gasteiger partial charge in [0.15, 0.2) is 6.61 Å². The van der Waals surface area contributed by atoms with Crippen LogP contribution in [0.5, 0.6) is 5.75 Å². The standard InChI is InChI=1S/C23H28N2O4/c1-22(2)10-18-11-23(3,14-22)15-25(18)20(26)13-29-21(27)17(12-24)9-16-5-7-19(28-4)8-6-16/h5-9,18H,10-11,13-15H2,1-4H3/b17-9+/t18-,23-/m1/s1. The molecule has 3 rings (SSSR count). The van der Waals surface area contributed by atoms with Crippen molar-refractivity contribution < 1.29 is 19.1 Å². The van der Waals surface area contributed by atoms with Gasteiger partial charge in [0.25, 0.3) is 5.91 Å². The van der Waals surface area contributed by atoms with E-state index in [1.165, 1.54) is 6.08 Å². The minimum atomic E-state index is -0.787. The Morgan fingerprint density at radius 3 is 2.55 bits per heavy atom. The fraction of sp³-hybridized carbons (Fsp3) is 0.522. The van der Waals surface area contributed by atoms with Gasteiger partial charge in [0, 0.05) is 12.6 Å². The van der Waals surface area contributed by atoms with Crippen LogP contribution in [0.3, 0.4) is 0 Å². The van der Waals surface area contributed by atoms with Crippen LogP contribution in [0.15, 0.2) is 29.8 Å². The summed E-state index contributed by atoms with van der Waals surface area (Å²) in [6, 6.07) is 9.00. The lowest BCUT2D eigenvalue weighted by Crippen LogP contribution is -2.39. The van der Waals surface area contributed by atoms with Crippen molar-refractivity contribution >= 4 is 18.0 Å². The molecule has 0 N–H and O–H groups in total. The Balaban J connectivity index is 1.61. The van der Waals surface area contributed by atoms with E-state index in [4.69, 9.17) is 9.47 Å². The van der Waals surface area contributed by atoms with Gasteiger partial charge in [-0.3, -0.25) is 4.79 Å². The summed E-state index contributed by atoms with van der Waals surface area (Å²) >= 11 is 0. The fourth-order valence-corrected chi connectivity index (χ4v) is 5.04. The highest BCUT2D eigenvalue weighted by atomic mass is 16.5. The second-order valence-electron chi connectivity index (χ2n) is 9.25. The summed E-state index contributed by atoms with van der Waals surface area (Å²) in [7, 11) is 1.56. The smallest absolute Gasteiger partial charge is 0.349 e. The topological polar surface area (TPSA) is 79.6 Å². The highest BCUT2D eigenvalue weighted by Gasteiger charge is 2.50. The van der Waals surface area contributed by atoms with E-state index in [2.05, 4.69) is 20.8 Å². The number of benzene rings is 1. The molecule has 0 radical (unpaired) electrons. The molecule has 2 fully saturated rings. The normalized spacial score (nSPS) is 25.3. The molecular formula is C23H28N2O4. The molecule has 1 heterocycles. The van der Waals surface area contributed by atoms with Gasteiger partial charge in [0.2, 0.25) is 0 Å². The van der Waals surface area contributed by atoms with Gasteiger partial charge in [0.1, 0.15) is 17.4 Å². The minimum absolute atomic E-state index is 0.123. The average molecular weight is 396 g/mol. The van der Waals surface area contributed by atoms with Gasteiger partial charge in [-0.1, -0.05) is 32.9 Å². The van der Waals surface area contributed by atoms with E-state index in [1.54, 1.807) is 31.4 Å². The number of nitriles is 1. The van der Waals surface area contributed by atoms with Crippen molar-refractivity contribution in [3.63, 3.8) is 0 Å². The van der Waals surface area contributed by atoms with E-state index in [-0.39, 0.29) is 35.0 Å². The predicted octanol–water partition coefficient (Wildman–Crippen LogP) is 3.57. The number of rotatable bonds is 5. The molecule has 0 spiro atoms. The first-order valence-electron chi connectivity index (χ1n) is 9.87. The summed E-state index contributed by atoms with van der Waals surface area (Å²) < 4.78 is 10.3. The maximum atomic E-state index is 12.7. The summed E-state index contributed by atoms with van der Waals surface area (Å²) in [5.74, 6) is -0.293. The number of hydrogen-bond acceptors (Lipinski definition) is 5. The Kier molecular flexibility index (Phi) is 5.70. The van der Waals surface area contributed by atoms with Crippen molar-refractivity contribution in [3.8, 4) is 11.8 Å². The van der Waals surface area contributed by atoms with Crippen LogP contribution in [0.25, 0.3) is 6.08 Å². The molecule has 6 nitrogen and oxygen atoms in total. The van der Waals surface area contributed by atoms with Gasteiger partial charge in [0.05, 0.1) is 7.11 Å². The molecule has 1 aliphatic carbocycles. The number of nitrogens with zero attached hydrogens (tertiary/aromatic N) is 2. The summed E-state index contributed by atoms with van der Waals surface area (Å²) in [6.07, 6.45) is 4.49. The highest BCUT2D eigenvalue weighted by Crippen LogP contribution is 2.52. The van der Waals surface area contributed by atoms with Crippen LogP contribution in [-0.4, -0.2) is 43.1 Å². The van der Waals surface area contributed by atoms with Crippen LogP contribution in [-0.2, 0) is 14.3 Å². The van der Waals surface area contributed by atoms with Crippen LogP contribution in [0, 0.1) is 22.2 Å². The first-order valence-corrected chi connectivity index (χ1v) is 9.87. The SMILES string of the molecule is COc1ccc(/C=C(\C#N)C(=O)OCC(=O)N2C[C@]3(C)C[C@H]2CC(C)(C)C3)cc1. The molecule has 2 atom stereocenters. The summed E-state index contributed by atoms with van der Waals surface area (Å²) in [5.41, 5.74) is 0.863. The molecule has 1 aromatic carbocycles. The number of esters is 1. The van der Waals surface area contributed by atoms with Gasteiger partial charge in [-0.2, -0.15) is 5.26 Å². The Morgan fingerprint density at radius 1 is 1.24 bits per heavy atom. The van der Waals surface area contributed by atoms with Crippen molar-refractivity contribution in [2.45, 2.75) is 46.1 Å². The maximum Gasteiger partial charge on any atom is 0.349 e. The Hall–Kier alpha value is -2.81. The monoisotopic (exact) mass is 396 g/mol. The summed E-state index contributed by atoms with van der Waals surface area (Å²) in [6.45, 7) is 7.08. The lowest BCUT2D eigenvalue weighted by atomic mass is 9.65. The number of methoxy groups -OCH3 is 1. The molecule has 29 heavy (non-hydrogen) atoms. The minimum Gasteiger partial charge on any atom is -0.497 e. The molecule has 1 aromatic rings. The van der Waals surface area contributed by atoms with Gasteiger partial charge < -0.3 is 14.4 Å². The predicted molar refractivity (Wildman–Crippen MR) is 109 cm³/mol. The summed E-state index contributed by atoms with van der Waals surface area (Å²) in [5, 5.41) is 9.31. The van der Waals surface area contributed by atoms with Crippen molar-refractivity contribution in [2.24, 2.45) is 10.8 Å². The molecule has 0 unspecified atom stereocenters. The third kappa shape index (κ3) is 4.79. The summed E-state index contributed by atoms with van der Waals surface area (Å²) in [4.78, 5) is 26.9. The van der Waals surface area contributed by atoms with Crippen LogP contribution in [0.1, 0.15) is 45.6 Å². The second kappa shape index (κ2) is 7.90. The Morgan fingerprint density at radius 2 is 1.93 bits per heavy atom. The lowest BCUT2D eigenvalue weighted by molar-refractivity contribution is -0.149. The van der Waals surface area contributed by atoms with Crippen LogP contribution < -0.4 is 4.74 Å². The van der Waals surface area contributed by atoms with E-state index in [9.17, 15) is 14.9 Å². The third-order valence-electron chi connectivity index (χ3n) is 5.83. The molecule has 2 aliphatic rings. The fourth-order valence-electron chi connectivity index (χ4n) is 5.04. The van der Waals surface area contributed by atoms with Crippen LogP contribution in [0.2, 0.25) is 0 Å². The molecule has 0 aromatic heterocycles. The molecule has 1 aliphatic heterocycles. The molecular weight excluding hydrogens is 368 g/mol. The van der Waals surface area contributed by atoms with Crippen molar-refractivity contribution in [1.29, 1.82) is 5.26 Å². The third-order valence-corrected chi connectivity index (χ3v) is 5.83. The van der Waals surface area contributed by atoms with Gasteiger partial charge in [-0.15, -0.1) is 0 Å². The largest absolute Gasteiger partial charge is 0.497 e. The van der Waals surface area contributed by atoms with Gasteiger partial charge in [-0.05, 0) is 53.9 Å². The maximum absolute atomic E-state index is 12.7. The van der Waals surface area contributed by atoms with E-state index in [0.717, 1.165) is 19.3 Å². The van der Waals surface area contributed by atoms with Crippen molar-refractivity contribution in [1.82, 2.24) is 4.90 Å². The number of carbonyl (C=O) groups excluding carboxylic acids is 2. The highest BCUT2D eigenvalue weighted by molar-refractivity contribution is 5.98. The number of carbonyl (C=O) groups is 2. The number of ether oxygens (including phenoxy) is 2. The first-order chi connectivity index (χ1) is 13.6. The number of likely N-dealkylation sites (tertiary alicyclic amines) is 1. The van der Waals surface area contributed by atoms with Crippen LogP contribution >= 0.6 is 0 Å². The molecule has 6 heteroatoms. The van der Waals surface area contributed by atoms with E-state index < -0.39 is 5.97 Å². The van der Waals surface area contributed by atoms with E-state index in [0.29, 0.717) is 17.9 Å². The first kappa shape index (κ1) is 20.9. The number of amides is 1. The average Bonchev–Trinajstić information content (AvgIpc) is 2.93. The quantitative estimate of drug-likeness (QED) is 0.432. The zero-order chi connectivity index (χ0) is 21.2. The molecule has 1 saturated carbocycles. The zero-order valence-electron chi connectivity index (χ0n) is 17.5. The van der Waals surface area contributed by atoms with Gasteiger partial charge >= 0.3 is 5.97 Å². The van der Waals surface area contributed by atoms with Crippen LogP contribution in [0.4, 0.5) is 0 Å². The van der Waals surface area contributed by atoms with Crippen molar-refractivity contribution in [3.05, 3.63) is 35.4 Å². The lowest BCUT2D eigenvalue weighted by Gasteiger charge is -2.39. The Labute approximate surface area is 172 Å². The van der Waals surface area contributed by atoms with E-state index in [1.807, 2.05) is 11.0 Å².